The van der Waals surface area contributed by atoms with Crippen LogP contribution in [0, 0.1) is 11.3 Å². The molecule has 4 nitrogen and oxygen atoms in total. The molecule has 0 aliphatic carbocycles. The predicted octanol–water partition coefficient (Wildman–Crippen LogP) is 1.50. The van der Waals surface area contributed by atoms with Crippen molar-refractivity contribution in [2.75, 3.05) is 26.3 Å². The lowest BCUT2D eigenvalue weighted by molar-refractivity contribution is 0.177. The maximum Gasteiger partial charge on any atom is 0.198 e. The largest absolute Gasteiger partial charge is 0.381 e. The van der Waals surface area contributed by atoms with E-state index in [0.717, 1.165) is 32.7 Å². The lowest BCUT2D eigenvalue weighted by Crippen LogP contribution is -2.37. The Balaban J connectivity index is 1.95. The minimum absolute atomic E-state index is 0.435. The zero-order chi connectivity index (χ0) is 11.5. The highest BCUT2D eigenvalue weighted by Gasteiger charge is 2.32. The topological polar surface area (TPSA) is 39.6 Å². The molecule has 4 heteroatoms. The summed E-state index contributed by atoms with van der Waals surface area (Å²) in [5.41, 5.74) is 0. The second kappa shape index (κ2) is 4.87. The lowest BCUT2D eigenvalue weighted by atomic mass is 10.1. The summed E-state index contributed by atoms with van der Waals surface area (Å²) in [7, 11) is 0. The first kappa shape index (κ1) is 11.5. The van der Waals surface area contributed by atoms with E-state index in [4.69, 9.17) is 10.1 Å². The smallest absolute Gasteiger partial charge is 0.198 e. The SMILES string of the molecule is CC=CN1CC(C)N(CC2CCOC2)C1=N. The van der Waals surface area contributed by atoms with Crippen molar-refractivity contribution in [1.82, 2.24) is 9.80 Å². The van der Waals surface area contributed by atoms with Crippen LogP contribution in [0.25, 0.3) is 0 Å². The zero-order valence-corrected chi connectivity index (χ0v) is 10.1. The second-order valence-electron chi connectivity index (χ2n) is 4.69. The first-order valence-corrected chi connectivity index (χ1v) is 6.04. The van der Waals surface area contributed by atoms with E-state index >= 15 is 0 Å². The Morgan fingerprint density at radius 3 is 3.00 bits per heavy atom. The maximum atomic E-state index is 8.12. The molecule has 90 valence electrons. The Bertz CT molecular complexity index is 284. The quantitative estimate of drug-likeness (QED) is 0.788. The van der Waals surface area contributed by atoms with Gasteiger partial charge in [-0.15, -0.1) is 0 Å². The molecule has 2 aliphatic heterocycles. The van der Waals surface area contributed by atoms with E-state index in [1.807, 2.05) is 24.1 Å². The molecule has 0 saturated carbocycles. The van der Waals surface area contributed by atoms with E-state index < -0.39 is 0 Å². The van der Waals surface area contributed by atoms with Crippen molar-refractivity contribution < 1.29 is 4.74 Å². The van der Waals surface area contributed by atoms with Crippen LogP contribution < -0.4 is 0 Å². The molecule has 0 aromatic heterocycles. The molecule has 2 atom stereocenters. The van der Waals surface area contributed by atoms with E-state index in [1.54, 1.807) is 0 Å². The van der Waals surface area contributed by atoms with Crippen LogP contribution in [0.3, 0.4) is 0 Å². The van der Waals surface area contributed by atoms with Crippen LogP contribution in [0.4, 0.5) is 0 Å². The molecule has 0 amide bonds. The minimum atomic E-state index is 0.435. The van der Waals surface area contributed by atoms with E-state index in [0.29, 0.717) is 17.9 Å². The Hall–Kier alpha value is -1.03. The van der Waals surface area contributed by atoms with Gasteiger partial charge in [-0.1, -0.05) is 6.08 Å². The van der Waals surface area contributed by atoms with Crippen LogP contribution in [0.1, 0.15) is 20.3 Å². The fourth-order valence-electron chi connectivity index (χ4n) is 2.43. The normalized spacial score (nSPS) is 31.0. The number of allylic oxidation sites excluding steroid dienone is 1. The van der Waals surface area contributed by atoms with Crippen molar-refractivity contribution >= 4 is 5.96 Å². The fraction of sp³-hybridized carbons (Fsp3) is 0.750. The lowest BCUT2D eigenvalue weighted by Gasteiger charge is -2.25. The number of hydrogen-bond acceptors (Lipinski definition) is 2. The Morgan fingerprint density at radius 2 is 2.38 bits per heavy atom. The molecule has 16 heavy (non-hydrogen) atoms. The van der Waals surface area contributed by atoms with Crippen molar-refractivity contribution in [1.29, 1.82) is 5.41 Å². The number of guanidine groups is 1. The van der Waals surface area contributed by atoms with Gasteiger partial charge in [-0.05, 0) is 20.3 Å². The fourth-order valence-corrected chi connectivity index (χ4v) is 2.43. The molecular weight excluding hydrogens is 202 g/mol. The summed E-state index contributed by atoms with van der Waals surface area (Å²) in [4.78, 5) is 4.21. The Labute approximate surface area is 97.4 Å². The number of hydrogen-bond donors (Lipinski definition) is 1. The molecule has 2 unspecified atom stereocenters. The molecule has 2 aliphatic rings. The van der Waals surface area contributed by atoms with Crippen LogP contribution in [-0.4, -0.2) is 48.1 Å². The van der Waals surface area contributed by atoms with Crippen molar-refractivity contribution in [3.8, 4) is 0 Å². The second-order valence-corrected chi connectivity index (χ2v) is 4.69. The molecule has 0 radical (unpaired) electrons. The molecule has 2 heterocycles. The van der Waals surface area contributed by atoms with Crippen LogP contribution >= 0.6 is 0 Å². The highest BCUT2D eigenvalue weighted by molar-refractivity contribution is 5.80. The van der Waals surface area contributed by atoms with Crippen molar-refractivity contribution in [3.05, 3.63) is 12.3 Å². The Kier molecular flexibility index (Phi) is 3.49. The number of nitrogens with one attached hydrogen (secondary N) is 1. The monoisotopic (exact) mass is 223 g/mol. The van der Waals surface area contributed by atoms with E-state index in [1.165, 1.54) is 0 Å². The third-order valence-electron chi connectivity index (χ3n) is 3.34. The molecule has 2 rings (SSSR count). The van der Waals surface area contributed by atoms with E-state index in [9.17, 15) is 0 Å². The van der Waals surface area contributed by atoms with Crippen LogP contribution in [0.2, 0.25) is 0 Å². The molecule has 0 aromatic rings. The third kappa shape index (κ3) is 2.21. The van der Waals surface area contributed by atoms with Gasteiger partial charge in [-0.2, -0.15) is 0 Å². The molecule has 2 fully saturated rings. The summed E-state index contributed by atoms with van der Waals surface area (Å²) in [5, 5.41) is 8.12. The summed E-state index contributed by atoms with van der Waals surface area (Å²) in [6.45, 7) is 7.82. The maximum absolute atomic E-state index is 8.12. The molecule has 0 spiro atoms. The molecule has 2 saturated heterocycles. The van der Waals surface area contributed by atoms with Gasteiger partial charge in [-0.3, -0.25) is 5.41 Å². The van der Waals surface area contributed by atoms with E-state index in [2.05, 4.69) is 11.8 Å². The van der Waals surface area contributed by atoms with Crippen LogP contribution in [0.5, 0.6) is 0 Å². The van der Waals surface area contributed by atoms with Crippen LogP contribution in [-0.2, 0) is 4.74 Å². The first-order chi connectivity index (χ1) is 7.72. The van der Waals surface area contributed by atoms with Gasteiger partial charge in [-0.25, -0.2) is 0 Å². The van der Waals surface area contributed by atoms with Crippen molar-refractivity contribution in [3.63, 3.8) is 0 Å². The molecular formula is C12H21N3O. The summed E-state index contributed by atoms with van der Waals surface area (Å²) < 4.78 is 5.39. The summed E-state index contributed by atoms with van der Waals surface area (Å²) >= 11 is 0. The Morgan fingerprint density at radius 1 is 1.56 bits per heavy atom. The predicted molar refractivity (Wildman–Crippen MR) is 64.3 cm³/mol. The molecule has 0 bridgehead atoms. The van der Waals surface area contributed by atoms with E-state index in [-0.39, 0.29) is 0 Å². The number of ether oxygens (including phenoxy) is 1. The van der Waals surface area contributed by atoms with Gasteiger partial charge in [0, 0.05) is 37.9 Å². The first-order valence-electron chi connectivity index (χ1n) is 6.04. The van der Waals surface area contributed by atoms with Gasteiger partial charge >= 0.3 is 0 Å². The zero-order valence-electron chi connectivity index (χ0n) is 10.1. The van der Waals surface area contributed by atoms with Crippen LogP contribution in [0.15, 0.2) is 12.3 Å². The van der Waals surface area contributed by atoms with Gasteiger partial charge in [0.1, 0.15) is 0 Å². The van der Waals surface area contributed by atoms with Crippen molar-refractivity contribution in [2.45, 2.75) is 26.3 Å². The summed E-state index contributed by atoms with van der Waals surface area (Å²) in [6, 6.07) is 0.435. The van der Waals surface area contributed by atoms with Gasteiger partial charge in [0.05, 0.1) is 6.61 Å². The van der Waals surface area contributed by atoms with Crippen molar-refractivity contribution in [2.24, 2.45) is 5.92 Å². The van der Waals surface area contributed by atoms with Gasteiger partial charge in [0.15, 0.2) is 5.96 Å². The van der Waals surface area contributed by atoms with Gasteiger partial charge < -0.3 is 14.5 Å². The highest BCUT2D eigenvalue weighted by atomic mass is 16.5. The molecule has 0 aromatic carbocycles. The minimum Gasteiger partial charge on any atom is -0.381 e. The summed E-state index contributed by atoms with van der Waals surface area (Å²) in [5.74, 6) is 1.24. The average molecular weight is 223 g/mol. The van der Waals surface area contributed by atoms with Gasteiger partial charge in [0.2, 0.25) is 0 Å². The number of rotatable bonds is 3. The standard InChI is InChI=1S/C12H21N3O/c1-3-5-14-7-10(2)15(12(14)13)8-11-4-6-16-9-11/h3,5,10-11,13H,4,6-9H2,1-2H3. The molecule has 1 N–H and O–H groups in total. The summed E-state index contributed by atoms with van der Waals surface area (Å²) in [6.07, 6.45) is 5.12. The third-order valence-corrected chi connectivity index (χ3v) is 3.34. The van der Waals surface area contributed by atoms with Gasteiger partial charge in [0.25, 0.3) is 0 Å². The number of nitrogens with zero attached hydrogens (tertiary/aromatic N) is 2. The highest BCUT2D eigenvalue weighted by Crippen LogP contribution is 2.21. The average Bonchev–Trinajstić information content (AvgIpc) is 2.84.